The van der Waals surface area contributed by atoms with Crippen molar-refractivity contribution in [1.29, 1.82) is 0 Å². The van der Waals surface area contributed by atoms with E-state index in [1.54, 1.807) is 12.3 Å². The molecule has 134 valence electrons. The second-order valence-electron chi connectivity index (χ2n) is 7.15. The molecule has 0 atom stereocenters. The first-order chi connectivity index (χ1) is 11.9. The second-order valence-corrected chi connectivity index (χ2v) is 7.93. The number of nitrogens with zero attached hydrogens (tertiary/aromatic N) is 3. The standard InChI is InChI=1S/C19H24Cl2N4/c1-3-10-25(12-19(2)8-5-9-19)15-11-23-17(18(22)24-15)13-6-4-7-14(20)16(13)21/h4,6-7,11H,3,5,8-10,12H2,1-2H3,(H2,22,24). The van der Waals surface area contributed by atoms with E-state index in [1.165, 1.54) is 19.3 Å². The van der Waals surface area contributed by atoms with Gasteiger partial charge in [0.15, 0.2) is 5.82 Å². The van der Waals surface area contributed by atoms with E-state index in [-0.39, 0.29) is 0 Å². The summed E-state index contributed by atoms with van der Waals surface area (Å²) in [4.78, 5) is 11.5. The molecule has 0 spiro atoms. The molecule has 1 aromatic carbocycles. The van der Waals surface area contributed by atoms with E-state index >= 15 is 0 Å². The first kappa shape index (κ1) is 18.3. The summed E-state index contributed by atoms with van der Waals surface area (Å²) in [5.74, 6) is 1.20. The summed E-state index contributed by atoms with van der Waals surface area (Å²) in [6.07, 6.45) is 6.70. The lowest BCUT2D eigenvalue weighted by molar-refractivity contribution is 0.168. The van der Waals surface area contributed by atoms with Crippen LogP contribution in [0.15, 0.2) is 24.4 Å². The Morgan fingerprint density at radius 2 is 2.04 bits per heavy atom. The average Bonchev–Trinajstić information content (AvgIpc) is 2.56. The van der Waals surface area contributed by atoms with Crippen molar-refractivity contribution in [2.75, 3.05) is 23.7 Å². The van der Waals surface area contributed by atoms with Crippen LogP contribution in [0, 0.1) is 5.41 Å². The molecule has 0 aliphatic heterocycles. The second kappa shape index (κ2) is 7.38. The van der Waals surface area contributed by atoms with Crippen LogP contribution in [0.5, 0.6) is 0 Å². The Kier molecular flexibility index (Phi) is 5.40. The number of nitrogens with two attached hydrogens (primary N) is 1. The molecule has 0 amide bonds. The van der Waals surface area contributed by atoms with Crippen molar-refractivity contribution < 1.29 is 0 Å². The van der Waals surface area contributed by atoms with Gasteiger partial charge in [0.05, 0.1) is 16.2 Å². The molecule has 0 saturated heterocycles. The summed E-state index contributed by atoms with van der Waals surface area (Å²) in [7, 11) is 0. The van der Waals surface area contributed by atoms with Crippen LogP contribution in [0.2, 0.25) is 10.0 Å². The lowest BCUT2D eigenvalue weighted by Crippen LogP contribution is -2.41. The van der Waals surface area contributed by atoms with Crippen molar-refractivity contribution in [3.8, 4) is 11.3 Å². The van der Waals surface area contributed by atoms with Gasteiger partial charge < -0.3 is 10.6 Å². The Morgan fingerprint density at radius 3 is 2.64 bits per heavy atom. The molecule has 1 saturated carbocycles. The van der Waals surface area contributed by atoms with Gasteiger partial charge in [0, 0.05) is 18.7 Å². The fourth-order valence-electron chi connectivity index (χ4n) is 3.38. The van der Waals surface area contributed by atoms with Gasteiger partial charge in [-0.2, -0.15) is 0 Å². The number of rotatable bonds is 6. The molecule has 1 aromatic heterocycles. The minimum Gasteiger partial charge on any atom is -0.382 e. The van der Waals surface area contributed by atoms with Gasteiger partial charge in [0.2, 0.25) is 0 Å². The van der Waals surface area contributed by atoms with Crippen molar-refractivity contribution >= 4 is 34.8 Å². The summed E-state index contributed by atoms with van der Waals surface area (Å²) in [5.41, 5.74) is 7.87. The lowest BCUT2D eigenvalue weighted by atomic mass is 9.70. The third-order valence-corrected chi connectivity index (χ3v) is 5.76. The van der Waals surface area contributed by atoms with E-state index in [0.29, 0.717) is 32.5 Å². The van der Waals surface area contributed by atoms with Crippen LogP contribution in [0.4, 0.5) is 11.6 Å². The third kappa shape index (κ3) is 3.85. The fourth-order valence-corrected chi connectivity index (χ4v) is 3.77. The Morgan fingerprint density at radius 1 is 1.28 bits per heavy atom. The number of hydrogen-bond acceptors (Lipinski definition) is 4. The van der Waals surface area contributed by atoms with E-state index in [2.05, 4.69) is 28.7 Å². The maximum atomic E-state index is 6.30. The molecule has 1 heterocycles. The first-order valence-electron chi connectivity index (χ1n) is 8.75. The molecule has 4 nitrogen and oxygen atoms in total. The number of halogens is 2. The van der Waals surface area contributed by atoms with E-state index in [9.17, 15) is 0 Å². The van der Waals surface area contributed by atoms with E-state index in [1.807, 2.05) is 12.1 Å². The summed E-state index contributed by atoms with van der Waals surface area (Å²) >= 11 is 12.4. The Bertz CT molecular complexity index is 759. The van der Waals surface area contributed by atoms with Crippen molar-refractivity contribution in [1.82, 2.24) is 9.97 Å². The number of hydrogen-bond donors (Lipinski definition) is 1. The van der Waals surface area contributed by atoms with Crippen LogP contribution in [-0.4, -0.2) is 23.1 Å². The highest BCUT2D eigenvalue weighted by molar-refractivity contribution is 6.43. The predicted molar refractivity (Wildman–Crippen MR) is 106 cm³/mol. The van der Waals surface area contributed by atoms with Gasteiger partial charge in [-0.3, -0.25) is 0 Å². The summed E-state index contributed by atoms with van der Waals surface area (Å²) in [6, 6.07) is 5.43. The van der Waals surface area contributed by atoms with Crippen molar-refractivity contribution in [3.63, 3.8) is 0 Å². The van der Waals surface area contributed by atoms with Crippen LogP contribution in [0.3, 0.4) is 0 Å². The zero-order chi connectivity index (χ0) is 18.0. The van der Waals surface area contributed by atoms with Gasteiger partial charge in [0.1, 0.15) is 11.5 Å². The molecule has 2 aromatic rings. The van der Waals surface area contributed by atoms with Crippen LogP contribution in [0.1, 0.15) is 39.5 Å². The molecule has 0 bridgehead atoms. The number of aromatic nitrogens is 2. The van der Waals surface area contributed by atoms with Gasteiger partial charge in [0.25, 0.3) is 0 Å². The number of benzene rings is 1. The zero-order valence-electron chi connectivity index (χ0n) is 14.7. The molecule has 0 radical (unpaired) electrons. The molecule has 6 heteroatoms. The predicted octanol–water partition coefficient (Wildman–Crippen LogP) is 5.44. The van der Waals surface area contributed by atoms with Gasteiger partial charge in [-0.15, -0.1) is 0 Å². The summed E-state index contributed by atoms with van der Waals surface area (Å²) < 4.78 is 0. The first-order valence-corrected chi connectivity index (χ1v) is 9.51. The maximum absolute atomic E-state index is 6.30. The van der Waals surface area contributed by atoms with Gasteiger partial charge in [-0.25, -0.2) is 9.97 Å². The van der Waals surface area contributed by atoms with Crippen LogP contribution in [0.25, 0.3) is 11.3 Å². The fraction of sp³-hybridized carbons (Fsp3) is 0.474. The minimum absolute atomic E-state index is 0.376. The van der Waals surface area contributed by atoms with Crippen LogP contribution < -0.4 is 10.6 Å². The molecule has 0 unspecified atom stereocenters. The average molecular weight is 379 g/mol. The number of nitrogen functional groups attached to an aromatic ring is 1. The molecular weight excluding hydrogens is 355 g/mol. The topological polar surface area (TPSA) is 55.0 Å². The molecule has 1 aliphatic carbocycles. The molecule has 1 fully saturated rings. The van der Waals surface area contributed by atoms with Crippen molar-refractivity contribution in [3.05, 3.63) is 34.4 Å². The van der Waals surface area contributed by atoms with E-state index in [0.717, 1.165) is 25.3 Å². The Balaban J connectivity index is 1.90. The van der Waals surface area contributed by atoms with E-state index < -0.39 is 0 Å². The Labute approximate surface area is 159 Å². The molecule has 2 N–H and O–H groups in total. The maximum Gasteiger partial charge on any atom is 0.152 e. The molecule has 1 aliphatic rings. The quantitative estimate of drug-likeness (QED) is 0.726. The minimum atomic E-state index is 0.376. The van der Waals surface area contributed by atoms with Crippen LogP contribution in [-0.2, 0) is 0 Å². The molecule has 25 heavy (non-hydrogen) atoms. The van der Waals surface area contributed by atoms with Gasteiger partial charge in [-0.05, 0) is 30.7 Å². The van der Waals surface area contributed by atoms with Crippen molar-refractivity contribution in [2.24, 2.45) is 5.41 Å². The summed E-state index contributed by atoms with van der Waals surface area (Å²) in [5, 5.41) is 0.931. The van der Waals surface area contributed by atoms with Gasteiger partial charge in [-0.1, -0.05) is 55.6 Å². The smallest absolute Gasteiger partial charge is 0.152 e. The highest BCUT2D eigenvalue weighted by Crippen LogP contribution is 2.42. The Hall–Kier alpha value is -1.52. The summed E-state index contributed by atoms with van der Waals surface area (Å²) in [6.45, 7) is 6.45. The molecular formula is C19H24Cl2N4. The monoisotopic (exact) mass is 378 g/mol. The SMILES string of the molecule is CCCN(CC1(C)CCC1)c1cnc(-c2cccc(Cl)c2Cl)c(N)n1. The zero-order valence-corrected chi connectivity index (χ0v) is 16.2. The normalized spacial score (nSPS) is 15.7. The third-order valence-electron chi connectivity index (χ3n) is 4.94. The number of anilines is 2. The highest BCUT2D eigenvalue weighted by Gasteiger charge is 2.34. The lowest BCUT2D eigenvalue weighted by Gasteiger charge is -2.42. The highest BCUT2D eigenvalue weighted by atomic mass is 35.5. The molecule has 3 rings (SSSR count). The van der Waals surface area contributed by atoms with Crippen LogP contribution >= 0.6 is 23.2 Å². The largest absolute Gasteiger partial charge is 0.382 e. The van der Waals surface area contributed by atoms with E-state index in [4.69, 9.17) is 28.9 Å². The van der Waals surface area contributed by atoms with Crippen molar-refractivity contribution in [2.45, 2.75) is 39.5 Å². The van der Waals surface area contributed by atoms with Gasteiger partial charge >= 0.3 is 0 Å².